The summed E-state index contributed by atoms with van der Waals surface area (Å²) >= 11 is 0. The fourth-order valence-electron chi connectivity index (χ4n) is 3.12. The number of benzene rings is 2. The Bertz CT molecular complexity index is 849. The molecule has 0 amide bonds. The van der Waals surface area contributed by atoms with Crippen LogP contribution in [0.1, 0.15) is 46.3 Å². The molecule has 0 saturated heterocycles. The van der Waals surface area contributed by atoms with Crippen molar-refractivity contribution in [3.63, 3.8) is 0 Å². The molecule has 0 radical (unpaired) electrons. The number of alkyl halides is 3. The molecule has 0 spiro atoms. The maximum atomic E-state index is 13.1. The molecule has 5 heteroatoms. The summed E-state index contributed by atoms with van der Waals surface area (Å²) in [5.74, 6) is -0.480. The van der Waals surface area contributed by atoms with Crippen LogP contribution < -0.4 is 0 Å². The predicted octanol–water partition coefficient (Wildman–Crippen LogP) is 5.07. The van der Waals surface area contributed by atoms with E-state index in [1.165, 1.54) is 6.07 Å². The van der Waals surface area contributed by atoms with Crippen LogP contribution in [0.4, 0.5) is 13.2 Å². The smallest absolute Gasteiger partial charge is 0.298 e. The number of rotatable bonds is 4. The minimum absolute atomic E-state index is 0.0164. The highest BCUT2D eigenvalue weighted by molar-refractivity contribution is 6.12. The zero-order valence-corrected chi connectivity index (χ0v) is 13.3. The lowest BCUT2D eigenvalue weighted by atomic mass is 9.90. The zero-order valence-electron chi connectivity index (χ0n) is 13.3. The van der Waals surface area contributed by atoms with Gasteiger partial charge >= 0.3 is 6.18 Å². The molecule has 0 bridgehead atoms. The average molecular weight is 344 g/mol. The van der Waals surface area contributed by atoms with Crippen molar-refractivity contribution in [1.29, 1.82) is 0 Å². The Morgan fingerprint density at radius 1 is 1.00 bits per heavy atom. The highest BCUT2D eigenvalue weighted by atomic mass is 19.4. The van der Waals surface area contributed by atoms with Gasteiger partial charge in [0.2, 0.25) is 0 Å². The van der Waals surface area contributed by atoms with Gasteiger partial charge in [-0.3, -0.25) is 9.59 Å². The summed E-state index contributed by atoms with van der Waals surface area (Å²) in [6, 6.07) is 11.3. The van der Waals surface area contributed by atoms with E-state index in [0.717, 1.165) is 24.8 Å². The fourth-order valence-corrected chi connectivity index (χ4v) is 3.12. The number of carbonyl (C=O) groups excluding carboxylic acids is 2. The normalized spacial score (nSPS) is 14.7. The van der Waals surface area contributed by atoms with Crippen LogP contribution in [0.15, 0.2) is 54.1 Å². The molecule has 2 nitrogen and oxygen atoms in total. The number of hydrogen-bond acceptors (Lipinski definition) is 2. The largest absolute Gasteiger partial charge is 0.416 e. The lowest BCUT2D eigenvalue weighted by Crippen LogP contribution is -2.11. The quantitative estimate of drug-likeness (QED) is 0.573. The van der Waals surface area contributed by atoms with Gasteiger partial charge in [-0.05, 0) is 48.1 Å². The van der Waals surface area contributed by atoms with Gasteiger partial charge in [0, 0.05) is 11.1 Å². The maximum absolute atomic E-state index is 13.1. The van der Waals surface area contributed by atoms with Gasteiger partial charge in [0.05, 0.1) is 5.56 Å². The molecule has 1 aliphatic rings. The van der Waals surface area contributed by atoms with E-state index in [1.807, 2.05) is 0 Å². The number of ketones is 1. The first-order chi connectivity index (χ1) is 11.9. The molecule has 2 aromatic carbocycles. The van der Waals surface area contributed by atoms with Crippen LogP contribution in [0, 0.1) is 0 Å². The fraction of sp³-hybridized carbons (Fsp3) is 0.200. The van der Waals surface area contributed by atoms with Crippen LogP contribution >= 0.6 is 0 Å². The molecule has 1 aliphatic carbocycles. The lowest BCUT2D eigenvalue weighted by Gasteiger charge is -2.14. The van der Waals surface area contributed by atoms with Crippen LogP contribution in [0.3, 0.4) is 0 Å². The van der Waals surface area contributed by atoms with Crippen molar-refractivity contribution in [3.05, 3.63) is 76.4 Å². The third kappa shape index (κ3) is 3.40. The standard InChI is InChI=1S/C20H15F3O2/c21-20(22,23)15-9-10-17(16-8-4-7-14(16)12-24)18(11-15)19(25)13-5-2-1-3-6-13/h1-3,5-6,9-12H,4,7-8H2. The van der Waals surface area contributed by atoms with Crippen molar-refractivity contribution < 1.29 is 22.8 Å². The molecular weight excluding hydrogens is 329 g/mol. The molecule has 0 fully saturated rings. The van der Waals surface area contributed by atoms with Crippen molar-refractivity contribution in [2.24, 2.45) is 0 Å². The van der Waals surface area contributed by atoms with Gasteiger partial charge in [0.1, 0.15) is 6.29 Å². The van der Waals surface area contributed by atoms with Gasteiger partial charge in [-0.2, -0.15) is 13.2 Å². The second-order valence-corrected chi connectivity index (χ2v) is 5.93. The minimum atomic E-state index is -4.54. The van der Waals surface area contributed by atoms with Crippen molar-refractivity contribution in [1.82, 2.24) is 0 Å². The van der Waals surface area contributed by atoms with E-state index in [1.54, 1.807) is 30.3 Å². The number of allylic oxidation sites excluding steroid dienone is 2. The topological polar surface area (TPSA) is 34.1 Å². The maximum Gasteiger partial charge on any atom is 0.416 e. The van der Waals surface area contributed by atoms with Crippen LogP contribution in [0.5, 0.6) is 0 Å². The third-order valence-corrected chi connectivity index (χ3v) is 4.36. The van der Waals surface area contributed by atoms with E-state index >= 15 is 0 Å². The van der Waals surface area contributed by atoms with Gasteiger partial charge in [-0.15, -0.1) is 0 Å². The van der Waals surface area contributed by atoms with Gasteiger partial charge in [0.25, 0.3) is 0 Å². The summed E-state index contributed by atoms with van der Waals surface area (Å²) in [5, 5.41) is 0. The summed E-state index contributed by atoms with van der Waals surface area (Å²) < 4.78 is 39.3. The molecule has 2 aromatic rings. The molecule has 0 N–H and O–H groups in total. The number of aldehydes is 1. The van der Waals surface area contributed by atoms with Crippen LogP contribution in [-0.2, 0) is 11.0 Å². The molecule has 0 unspecified atom stereocenters. The van der Waals surface area contributed by atoms with Crippen molar-refractivity contribution >= 4 is 17.6 Å². The summed E-state index contributed by atoms with van der Waals surface area (Å²) in [6.45, 7) is 0. The lowest BCUT2D eigenvalue weighted by molar-refractivity contribution is -0.137. The average Bonchev–Trinajstić information content (AvgIpc) is 3.09. The molecule has 128 valence electrons. The zero-order chi connectivity index (χ0) is 18.0. The Hall–Kier alpha value is -2.69. The van der Waals surface area contributed by atoms with Crippen LogP contribution in [0.2, 0.25) is 0 Å². The first-order valence-electron chi connectivity index (χ1n) is 7.90. The SMILES string of the molecule is O=CC1=C(c2ccc(C(F)(F)F)cc2C(=O)c2ccccc2)CCC1. The second-order valence-electron chi connectivity index (χ2n) is 5.93. The van der Waals surface area contributed by atoms with E-state index in [2.05, 4.69) is 0 Å². The van der Waals surface area contributed by atoms with Crippen molar-refractivity contribution in [2.45, 2.75) is 25.4 Å². The Labute approximate surface area is 143 Å². The Morgan fingerprint density at radius 3 is 2.36 bits per heavy atom. The number of hydrogen-bond donors (Lipinski definition) is 0. The van der Waals surface area contributed by atoms with E-state index in [0.29, 0.717) is 35.1 Å². The summed E-state index contributed by atoms with van der Waals surface area (Å²) in [6.07, 6.45) is -1.89. The van der Waals surface area contributed by atoms with Gasteiger partial charge < -0.3 is 0 Å². The van der Waals surface area contributed by atoms with Gasteiger partial charge in [0.15, 0.2) is 5.78 Å². The highest BCUT2D eigenvalue weighted by Crippen LogP contribution is 2.38. The monoisotopic (exact) mass is 344 g/mol. The van der Waals surface area contributed by atoms with Crippen LogP contribution in [0.25, 0.3) is 5.57 Å². The first kappa shape index (κ1) is 17.1. The molecule has 0 heterocycles. The predicted molar refractivity (Wildman–Crippen MR) is 88.2 cm³/mol. The molecule has 0 saturated carbocycles. The molecule has 25 heavy (non-hydrogen) atoms. The van der Waals surface area contributed by atoms with Crippen LogP contribution in [-0.4, -0.2) is 12.1 Å². The Balaban J connectivity index is 2.19. The van der Waals surface area contributed by atoms with E-state index in [9.17, 15) is 22.8 Å². The van der Waals surface area contributed by atoms with Crippen molar-refractivity contribution in [3.8, 4) is 0 Å². The van der Waals surface area contributed by atoms with E-state index in [-0.39, 0.29) is 5.56 Å². The Morgan fingerprint density at radius 2 is 1.72 bits per heavy atom. The van der Waals surface area contributed by atoms with Gasteiger partial charge in [-0.25, -0.2) is 0 Å². The third-order valence-electron chi connectivity index (χ3n) is 4.36. The second kappa shape index (κ2) is 6.67. The highest BCUT2D eigenvalue weighted by Gasteiger charge is 2.32. The number of carbonyl (C=O) groups is 2. The van der Waals surface area contributed by atoms with E-state index < -0.39 is 17.5 Å². The summed E-state index contributed by atoms with van der Waals surface area (Å²) in [7, 11) is 0. The number of halogens is 3. The van der Waals surface area contributed by atoms with E-state index in [4.69, 9.17) is 0 Å². The summed E-state index contributed by atoms with van der Waals surface area (Å²) in [5.41, 5.74) is 1.07. The summed E-state index contributed by atoms with van der Waals surface area (Å²) in [4.78, 5) is 24.1. The first-order valence-corrected chi connectivity index (χ1v) is 7.90. The molecule has 3 rings (SSSR count). The molecule has 0 atom stereocenters. The van der Waals surface area contributed by atoms with Crippen molar-refractivity contribution in [2.75, 3.05) is 0 Å². The van der Waals surface area contributed by atoms with Gasteiger partial charge in [-0.1, -0.05) is 36.4 Å². The Kier molecular flexibility index (Phi) is 4.57. The minimum Gasteiger partial charge on any atom is -0.298 e. The molecule has 0 aliphatic heterocycles. The molecule has 0 aromatic heterocycles. The molecular formula is C20H15F3O2.